The number of hydrogen-bond acceptors (Lipinski definition) is 6. The largest absolute Gasteiger partial charge is 0.394 e. The molecular formula is C12H20N4O4S. The lowest BCUT2D eigenvalue weighted by Crippen LogP contribution is -2.44. The summed E-state index contributed by atoms with van der Waals surface area (Å²) in [7, 11) is 1.31. The quantitative estimate of drug-likeness (QED) is 0.573. The first-order valence-electron chi connectivity index (χ1n) is 6.26. The van der Waals surface area contributed by atoms with Gasteiger partial charge in [-0.1, -0.05) is 0 Å². The van der Waals surface area contributed by atoms with Gasteiger partial charge in [0, 0.05) is 12.7 Å². The van der Waals surface area contributed by atoms with E-state index in [0.717, 1.165) is 0 Å². The van der Waals surface area contributed by atoms with Crippen molar-refractivity contribution in [2.45, 2.75) is 11.1 Å². The van der Waals surface area contributed by atoms with Gasteiger partial charge < -0.3 is 15.3 Å². The van der Waals surface area contributed by atoms with Crippen LogP contribution in [0.1, 0.15) is 10.4 Å². The first-order chi connectivity index (χ1) is 9.80. The van der Waals surface area contributed by atoms with Gasteiger partial charge in [0.15, 0.2) is 5.03 Å². The second-order valence-electron chi connectivity index (χ2n) is 4.71. The molecule has 118 valence electrons. The van der Waals surface area contributed by atoms with Crippen molar-refractivity contribution in [2.24, 2.45) is 0 Å². The van der Waals surface area contributed by atoms with Crippen LogP contribution in [0.4, 0.5) is 0 Å². The molecule has 0 saturated carbocycles. The Labute approximate surface area is 124 Å². The summed E-state index contributed by atoms with van der Waals surface area (Å²) in [5.41, 5.74) is 0.224. The number of pyridine rings is 1. The van der Waals surface area contributed by atoms with Crippen molar-refractivity contribution < 1.29 is 18.3 Å². The van der Waals surface area contributed by atoms with Crippen LogP contribution in [0.15, 0.2) is 23.4 Å². The van der Waals surface area contributed by atoms with Gasteiger partial charge in [0.25, 0.3) is 15.9 Å². The van der Waals surface area contributed by atoms with Crippen LogP contribution in [0, 0.1) is 0 Å². The van der Waals surface area contributed by atoms with Crippen molar-refractivity contribution in [3.05, 3.63) is 23.9 Å². The molecule has 0 bridgehead atoms. The molecule has 1 atom stereocenters. The Kier molecular flexibility index (Phi) is 6.21. The molecule has 0 radical (unpaired) electrons. The number of nitrogens with zero attached hydrogens (tertiary/aromatic N) is 2. The Morgan fingerprint density at radius 3 is 2.52 bits per heavy atom. The number of hydrogen-bond donors (Lipinski definition) is 3. The van der Waals surface area contributed by atoms with E-state index >= 15 is 0 Å². The second-order valence-corrected chi connectivity index (χ2v) is 6.54. The summed E-state index contributed by atoms with van der Waals surface area (Å²) in [5.74, 6) is -0.420. The fraction of sp³-hybridized carbons (Fsp3) is 0.500. The minimum Gasteiger partial charge on any atom is -0.394 e. The lowest BCUT2D eigenvalue weighted by atomic mass is 10.2. The number of aliphatic hydroxyl groups excluding tert-OH is 1. The van der Waals surface area contributed by atoms with E-state index < -0.39 is 22.0 Å². The van der Waals surface area contributed by atoms with Crippen LogP contribution < -0.4 is 10.0 Å². The molecule has 1 heterocycles. The number of carbonyl (C=O) groups excluding carboxylic acids is 1. The van der Waals surface area contributed by atoms with Crippen molar-refractivity contribution in [3.8, 4) is 0 Å². The number of nitrogens with one attached hydrogen (secondary N) is 2. The Hall–Kier alpha value is -1.55. The average Bonchev–Trinajstić information content (AvgIpc) is 2.46. The van der Waals surface area contributed by atoms with Crippen LogP contribution in [-0.4, -0.2) is 69.7 Å². The summed E-state index contributed by atoms with van der Waals surface area (Å²) in [6.07, 6.45) is 1.18. The molecule has 1 aromatic rings. The molecule has 9 heteroatoms. The normalized spacial score (nSPS) is 13.2. The minimum atomic E-state index is -3.62. The van der Waals surface area contributed by atoms with Crippen molar-refractivity contribution in [2.75, 3.05) is 34.3 Å². The monoisotopic (exact) mass is 316 g/mol. The van der Waals surface area contributed by atoms with Crippen molar-refractivity contribution >= 4 is 15.9 Å². The molecule has 0 aromatic carbocycles. The first-order valence-corrected chi connectivity index (χ1v) is 7.74. The lowest BCUT2D eigenvalue weighted by molar-refractivity contribution is 0.0904. The smallest absolute Gasteiger partial charge is 0.257 e. The molecule has 8 nitrogen and oxygen atoms in total. The third-order valence-electron chi connectivity index (χ3n) is 2.68. The third kappa shape index (κ3) is 5.05. The lowest BCUT2D eigenvalue weighted by Gasteiger charge is -2.20. The minimum absolute atomic E-state index is 0.159. The molecular weight excluding hydrogens is 296 g/mol. The van der Waals surface area contributed by atoms with Gasteiger partial charge in [0.2, 0.25) is 0 Å². The summed E-state index contributed by atoms with van der Waals surface area (Å²) in [4.78, 5) is 17.6. The van der Waals surface area contributed by atoms with Gasteiger partial charge in [-0.3, -0.25) is 4.79 Å². The Balaban J connectivity index is 2.80. The number of carbonyl (C=O) groups is 1. The zero-order chi connectivity index (χ0) is 16.0. The Morgan fingerprint density at radius 1 is 1.43 bits per heavy atom. The summed E-state index contributed by atoms with van der Waals surface area (Å²) >= 11 is 0. The predicted molar refractivity (Wildman–Crippen MR) is 77.4 cm³/mol. The van der Waals surface area contributed by atoms with Crippen LogP contribution >= 0.6 is 0 Å². The maximum atomic E-state index is 12.0. The molecule has 1 rings (SSSR count). The van der Waals surface area contributed by atoms with Gasteiger partial charge in [-0.25, -0.2) is 18.1 Å². The molecule has 3 N–H and O–H groups in total. The second kappa shape index (κ2) is 7.46. The van der Waals surface area contributed by atoms with E-state index in [1.165, 1.54) is 25.4 Å². The van der Waals surface area contributed by atoms with Gasteiger partial charge in [0.05, 0.1) is 18.2 Å². The molecule has 0 aliphatic carbocycles. The van der Waals surface area contributed by atoms with Gasteiger partial charge in [-0.2, -0.15) is 0 Å². The number of sulfonamides is 1. The zero-order valence-electron chi connectivity index (χ0n) is 12.2. The van der Waals surface area contributed by atoms with Crippen LogP contribution in [0.2, 0.25) is 0 Å². The topological polar surface area (TPSA) is 112 Å². The molecule has 0 spiro atoms. The number of rotatable bonds is 7. The van der Waals surface area contributed by atoms with Gasteiger partial charge >= 0.3 is 0 Å². The number of aromatic nitrogens is 1. The highest BCUT2D eigenvalue weighted by atomic mass is 32.2. The fourth-order valence-corrected chi connectivity index (χ4v) is 2.28. The molecule has 0 fully saturated rings. The van der Waals surface area contributed by atoms with Crippen molar-refractivity contribution in [3.63, 3.8) is 0 Å². The maximum absolute atomic E-state index is 12.0. The average molecular weight is 316 g/mol. The SMILES string of the molecule is CNS(=O)(=O)c1ccc(C(=O)NC(CO)CN(C)C)cn1. The summed E-state index contributed by atoms with van der Waals surface area (Å²) < 4.78 is 25.2. The zero-order valence-corrected chi connectivity index (χ0v) is 13.0. The number of likely N-dealkylation sites (N-methyl/N-ethyl adjacent to an activating group) is 1. The Morgan fingerprint density at radius 2 is 2.10 bits per heavy atom. The van der Waals surface area contributed by atoms with Crippen LogP contribution in [0.3, 0.4) is 0 Å². The van der Waals surface area contributed by atoms with E-state index in [4.69, 9.17) is 0 Å². The summed E-state index contributed by atoms with van der Waals surface area (Å²) in [5, 5.41) is 11.7. The van der Waals surface area contributed by atoms with E-state index in [9.17, 15) is 18.3 Å². The highest BCUT2D eigenvalue weighted by molar-refractivity contribution is 7.89. The molecule has 1 aromatic heterocycles. The van der Waals surface area contributed by atoms with Gasteiger partial charge in [-0.05, 0) is 33.3 Å². The molecule has 1 amide bonds. The molecule has 21 heavy (non-hydrogen) atoms. The highest BCUT2D eigenvalue weighted by Crippen LogP contribution is 2.06. The Bertz CT molecular complexity index is 571. The van der Waals surface area contributed by atoms with Crippen LogP contribution in [0.25, 0.3) is 0 Å². The third-order valence-corrected chi connectivity index (χ3v) is 4.01. The summed E-state index contributed by atoms with van der Waals surface area (Å²) in [6.45, 7) is 0.297. The van der Waals surface area contributed by atoms with E-state index in [0.29, 0.717) is 6.54 Å². The fourth-order valence-electron chi connectivity index (χ4n) is 1.64. The van der Waals surface area contributed by atoms with E-state index in [-0.39, 0.29) is 17.2 Å². The van der Waals surface area contributed by atoms with Crippen LogP contribution in [0.5, 0.6) is 0 Å². The van der Waals surface area contributed by atoms with E-state index in [1.54, 1.807) is 0 Å². The maximum Gasteiger partial charge on any atom is 0.257 e. The van der Waals surface area contributed by atoms with Gasteiger partial charge in [0.1, 0.15) is 0 Å². The number of aliphatic hydroxyl groups is 1. The molecule has 1 unspecified atom stereocenters. The first kappa shape index (κ1) is 17.5. The van der Waals surface area contributed by atoms with Gasteiger partial charge in [-0.15, -0.1) is 0 Å². The summed E-state index contributed by atoms with van der Waals surface area (Å²) in [6, 6.07) is 2.21. The number of amides is 1. The van der Waals surface area contributed by atoms with E-state index in [2.05, 4.69) is 15.0 Å². The van der Waals surface area contributed by atoms with Crippen LogP contribution in [-0.2, 0) is 10.0 Å². The van der Waals surface area contributed by atoms with Crippen molar-refractivity contribution in [1.82, 2.24) is 19.9 Å². The standard InChI is InChI=1S/C12H20N4O4S/c1-13-21(19,20)11-5-4-9(6-14-11)12(18)15-10(8-17)7-16(2)3/h4-6,10,13,17H,7-8H2,1-3H3,(H,15,18). The highest BCUT2D eigenvalue weighted by Gasteiger charge is 2.16. The molecule has 0 aliphatic rings. The molecule has 0 saturated heterocycles. The predicted octanol–water partition coefficient (Wildman–Crippen LogP) is -1.36. The van der Waals surface area contributed by atoms with Crippen molar-refractivity contribution in [1.29, 1.82) is 0 Å². The van der Waals surface area contributed by atoms with E-state index in [1.807, 2.05) is 19.0 Å². The molecule has 0 aliphatic heterocycles.